The van der Waals surface area contributed by atoms with Crippen LogP contribution >= 0.6 is 0 Å². The van der Waals surface area contributed by atoms with Crippen molar-refractivity contribution in [1.82, 2.24) is 15.0 Å². The highest BCUT2D eigenvalue weighted by molar-refractivity contribution is 5.49. The van der Waals surface area contributed by atoms with Gasteiger partial charge in [-0.1, -0.05) is 19.1 Å². The Bertz CT molecular complexity index is 671. The van der Waals surface area contributed by atoms with Gasteiger partial charge in [-0.05, 0) is 24.5 Å². The van der Waals surface area contributed by atoms with Crippen molar-refractivity contribution in [3.63, 3.8) is 0 Å². The highest BCUT2D eigenvalue weighted by Crippen LogP contribution is 2.29. The van der Waals surface area contributed by atoms with Crippen molar-refractivity contribution >= 4 is 0 Å². The number of hydrogen-bond acceptors (Lipinski definition) is 5. The van der Waals surface area contributed by atoms with E-state index < -0.39 is 0 Å². The van der Waals surface area contributed by atoms with Gasteiger partial charge in [-0.25, -0.2) is 4.68 Å². The second-order valence-corrected chi connectivity index (χ2v) is 5.05. The zero-order chi connectivity index (χ0) is 15.4. The van der Waals surface area contributed by atoms with Gasteiger partial charge in [0.1, 0.15) is 6.07 Å². The monoisotopic (exact) mass is 286 g/mol. The van der Waals surface area contributed by atoms with E-state index in [9.17, 15) is 0 Å². The smallest absolute Gasteiger partial charge is 0.186 e. The van der Waals surface area contributed by atoms with E-state index in [-0.39, 0.29) is 0 Å². The molecule has 0 radical (unpaired) electrons. The summed E-state index contributed by atoms with van der Waals surface area (Å²) in [4.78, 5) is 0. The lowest BCUT2D eigenvalue weighted by Crippen LogP contribution is -2.07. The van der Waals surface area contributed by atoms with E-state index in [2.05, 4.69) is 30.2 Å². The van der Waals surface area contributed by atoms with Gasteiger partial charge in [-0.2, -0.15) is 5.26 Å². The average molecular weight is 286 g/mol. The predicted molar refractivity (Wildman–Crippen MR) is 77.7 cm³/mol. The predicted octanol–water partition coefficient (Wildman–Crippen LogP) is 2.35. The van der Waals surface area contributed by atoms with E-state index in [0.29, 0.717) is 23.1 Å². The second-order valence-electron chi connectivity index (χ2n) is 5.05. The van der Waals surface area contributed by atoms with Gasteiger partial charge < -0.3 is 9.47 Å². The quantitative estimate of drug-likeness (QED) is 0.843. The number of ether oxygens (including phenoxy) is 2. The summed E-state index contributed by atoms with van der Waals surface area (Å²) < 4.78 is 12.2. The highest BCUT2D eigenvalue weighted by Gasteiger charge is 2.16. The number of nitriles is 1. The zero-order valence-electron chi connectivity index (χ0n) is 12.6. The van der Waals surface area contributed by atoms with Crippen molar-refractivity contribution in [1.29, 1.82) is 5.26 Å². The third-order valence-electron chi connectivity index (χ3n) is 3.08. The van der Waals surface area contributed by atoms with Crippen LogP contribution in [0.4, 0.5) is 0 Å². The molecule has 0 aliphatic rings. The van der Waals surface area contributed by atoms with Gasteiger partial charge in [0.2, 0.25) is 0 Å². The van der Waals surface area contributed by atoms with Crippen molar-refractivity contribution in [3.8, 4) is 23.3 Å². The minimum Gasteiger partial charge on any atom is -0.493 e. The molecule has 0 unspecified atom stereocenters. The number of hydrogen-bond donors (Lipinski definition) is 0. The van der Waals surface area contributed by atoms with Gasteiger partial charge in [0, 0.05) is 6.07 Å². The maximum Gasteiger partial charge on any atom is 0.186 e. The Labute approximate surface area is 123 Å². The first kappa shape index (κ1) is 14.9. The fraction of sp³-hybridized carbons (Fsp3) is 0.400. The van der Waals surface area contributed by atoms with Crippen LogP contribution in [0.15, 0.2) is 18.2 Å². The van der Waals surface area contributed by atoms with Crippen LogP contribution in [0.25, 0.3) is 5.69 Å². The van der Waals surface area contributed by atoms with Gasteiger partial charge >= 0.3 is 0 Å². The summed E-state index contributed by atoms with van der Waals surface area (Å²) in [5, 5.41) is 17.2. The normalized spacial score (nSPS) is 10.5. The van der Waals surface area contributed by atoms with E-state index in [4.69, 9.17) is 14.7 Å². The Morgan fingerprint density at radius 1 is 1.24 bits per heavy atom. The van der Waals surface area contributed by atoms with E-state index in [1.54, 1.807) is 25.0 Å². The maximum absolute atomic E-state index is 9.16. The molecule has 2 aromatic rings. The van der Waals surface area contributed by atoms with Crippen LogP contribution in [0.3, 0.4) is 0 Å². The largest absolute Gasteiger partial charge is 0.493 e. The molecule has 6 heteroatoms. The molecule has 0 fully saturated rings. The Kier molecular flexibility index (Phi) is 4.43. The molecule has 1 aromatic heterocycles. The first-order valence-corrected chi connectivity index (χ1v) is 6.67. The molecule has 0 amide bonds. The first-order valence-electron chi connectivity index (χ1n) is 6.67. The molecule has 1 heterocycles. The Morgan fingerprint density at radius 3 is 2.52 bits per heavy atom. The highest BCUT2D eigenvalue weighted by atomic mass is 16.5. The van der Waals surface area contributed by atoms with Gasteiger partial charge in [0.25, 0.3) is 0 Å². The zero-order valence-corrected chi connectivity index (χ0v) is 12.6. The SMILES string of the molecule is COc1ccc(-n2nnc(C#N)c2CC(C)C)cc1OC. The number of rotatable bonds is 5. The summed E-state index contributed by atoms with van der Waals surface area (Å²) in [5.41, 5.74) is 1.95. The Balaban J connectivity index is 2.52. The summed E-state index contributed by atoms with van der Waals surface area (Å²) in [6, 6.07) is 7.58. The van der Waals surface area contributed by atoms with Gasteiger partial charge in [0.05, 0.1) is 25.6 Å². The first-order chi connectivity index (χ1) is 10.1. The lowest BCUT2D eigenvalue weighted by atomic mass is 10.1. The van der Waals surface area contributed by atoms with Crippen LogP contribution in [0.5, 0.6) is 11.5 Å². The Morgan fingerprint density at radius 2 is 1.95 bits per heavy atom. The molecular formula is C15H18N4O2. The molecule has 0 atom stereocenters. The third-order valence-corrected chi connectivity index (χ3v) is 3.08. The lowest BCUT2D eigenvalue weighted by Gasteiger charge is -2.12. The number of nitrogens with zero attached hydrogens (tertiary/aromatic N) is 4. The summed E-state index contributed by atoms with van der Waals surface area (Å²) in [7, 11) is 3.17. The Hall–Kier alpha value is -2.55. The van der Waals surface area contributed by atoms with E-state index in [1.807, 2.05) is 12.1 Å². The third kappa shape index (κ3) is 2.97. The van der Waals surface area contributed by atoms with Crippen LogP contribution in [0.1, 0.15) is 25.2 Å². The minimum atomic E-state index is 0.360. The molecule has 21 heavy (non-hydrogen) atoms. The summed E-state index contributed by atoms with van der Waals surface area (Å²) in [5.74, 6) is 1.65. The second kappa shape index (κ2) is 6.27. The van der Waals surface area contributed by atoms with Crippen LogP contribution < -0.4 is 9.47 Å². The molecule has 0 aliphatic carbocycles. The van der Waals surface area contributed by atoms with Crippen LogP contribution in [-0.4, -0.2) is 29.2 Å². The van der Waals surface area contributed by atoms with Crippen LogP contribution in [0, 0.1) is 17.2 Å². The van der Waals surface area contributed by atoms with Gasteiger partial charge in [-0.3, -0.25) is 0 Å². The topological polar surface area (TPSA) is 73.0 Å². The van der Waals surface area contributed by atoms with Crippen molar-refractivity contribution in [2.45, 2.75) is 20.3 Å². The summed E-state index contributed by atoms with van der Waals surface area (Å²) in [6.07, 6.45) is 0.726. The van der Waals surface area contributed by atoms with Gasteiger partial charge in [0.15, 0.2) is 17.2 Å². The van der Waals surface area contributed by atoms with E-state index in [1.165, 1.54) is 0 Å². The molecule has 0 spiro atoms. The molecule has 1 aromatic carbocycles. The van der Waals surface area contributed by atoms with Gasteiger partial charge in [-0.15, -0.1) is 5.10 Å². The van der Waals surface area contributed by atoms with Crippen LogP contribution in [0.2, 0.25) is 0 Å². The van der Waals surface area contributed by atoms with Crippen molar-refractivity contribution in [2.75, 3.05) is 14.2 Å². The van der Waals surface area contributed by atoms with E-state index >= 15 is 0 Å². The molecule has 0 aliphatic heterocycles. The molecule has 6 nitrogen and oxygen atoms in total. The molecule has 0 N–H and O–H groups in total. The fourth-order valence-electron chi connectivity index (χ4n) is 2.12. The lowest BCUT2D eigenvalue weighted by molar-refractivity contribution is 0.354. The summed E-state index contributed by atoms with van der Waals surface area (Å²) >= 11 is 0. The van der Waals surface area contributed by atoms with Crippen molar-refractivity contribution in [2.24, 2.45) is 5.92 Å². The van der Waals surface area contributed by atoms with E-state index in [0.717, 1.165) is 17.8 Å². The van der Waals surface area contributed by atoms with Crippen LogP contribution in [-0.2, 0) is 6.42 Å². The summed E-state index contributed by atoms with van der Waals surface area (Å²) in [6.45, 7) is 4.18. The molecule has 0 saturated heterocycles. The minimum absolute atomic E-state index is 0.360. The number of methoxy groups -OCH3 is 2. The van der Waals surface area contributed by atoms with Crippen molar-refractivity contribution < 1.29 is 9.47 Å². The van der Waals surface area contributed by atoms with Crippen molar-refractivity contribution in [3.05, 3.63) is 29.6 Å². The molecular weight excluding hydrogens is 268 g/mol. The molecule has 110 valence electrons. The molecule has 0 saturated carbocycles. The number of benzene rings is 1. The molecule has 0 bridgehead atoms. The average Bonchev–Trinajstić information content (AvgIpc) is 2.88. The standard InChI is InChI=1S/C15H18N4O2/c1-10(2)7-13-12(9-16)17-18-19(13)11-5-6-14(20-3)15(8-11)21-4/h5-6,8,10H,7H2,1-4H3. The fourth-order valence-corrected chi connectivity index (χ4v) is 2.12. The maximum atomic E-state index is 9.16. The number of aromatic nitrogens is 3. The molecule has 2 rings (SSSR count).